The number of allylic oxidation sites excluding steroid dienone is 10. The maximum absolute atomic E-state index is 14.0. The van der Waals surface area contributed by atoms with E-state index in [9.17, 15) is 23.5 Å². The van der Waals surface area contributed by atoms with Crippen LogP contribution in [0.15, 0.2) is 89.5 Å². The molecule has 8 bridgehead atoms. The number of carbonyl (C=O) groups is 2. The zero-order valence-electron chi connectivity index (χ0n) is 27.7. The molecule has 0 unspecified atom stereocenters. The Morgan fingerprint density at radius 1 is 0.792 bits per heavy atom. The van der Waals surface area contributed by atoms with Gasteiger partial charge in [0.2, 0.25) is 0 Å². The van der Waals surface area contributed by atoms with Crippen LogP contribution in [0.1, 0.15) is 64.5 Å². The van der Waals surface area contributed by atoms with E-state index in [4.69, 9.17) is 36.1 Å². The Morgan fingerprint density at radius 3 is 2.00 bits per heavy atom. The molecule has 0 radical (unpaired) electrons. The van der Waals surface area contributed by atoms with Crippen molar-refractivity contribution in [1.29, 1.82) is 0 Å². The van der Waals surface area contributed by atoms with Crippen molar-refractivity contribution in [3.05, 3.63) is 96.3 Å². The molecule has 0 atom stereocenters. The summed E-state index contributed by atoms with van der Waals surface area (Å²) in [7, 11) is 2.66. The Hall–Kier alpha value is -4.90. The molecule has 12 heteroatoms. The molecule has 9 nitrogen and oxygen atoms in total. The van der Waals surface area contributed by atoms with Gasteiger partial charge in [0.05, 0.1) is 54.2 Å². The maximum Gasteiger partial charge on any atom is 0.305 e. The Kier molecular flexibility index (Phi) is 9.81. The number of carbonyl (C=O) groups excluding carboxylic acids is 2. The van der Waals surface area contributed by atoms with E-state index in [1.165, 1.54) is 14.2 Å². The van der Waals surface area contributed by atoms with E-state index >= 15 is 0 Å². The highest BCUT2D eigenvalue weighted by molar-refractivity contribution is 6.49. The number of nitrogens with zero attached hydrogens (tertiary/aromatic N) is 3. The number of H-pyrrole nitrogens is 1. The van der Waals surface area contributed by atoms with Crippen LogP contribution < -0.4 is 10.7 Å². The maximum atomic E-state index is 14.0. The van der Waals surface area contributed by atoms with Crippen molar-refractivity contribution in [2.45, 2.75) is 60.3 Å². The molecular weight excluding hydrogens is 642 g/mol. The molecule has 0 amide bonds. The molecule has 0 aliphatic carbocycles. The van der Waals surface area contributed by atoms with Crippen molar-refractivity contribution in [2.75, 3.05) is 14.2 Å². The number of rotatable bonds is 7. The second-order valence-electron chi connectivity index (χ2n) is 11.7. The fourth-order valence-electron chi connectivity index (χ4n) is 6.16. The summed E-state index contributed by atoms with van der Waals surface area (Å²) in [5.41, 5.74) is 8.00. The van der Waals surface area contributed by atoms with Gasteiger partial charge in [-0.15, -0.1) is 0 Å². The summed E-state index contributed by atoms with van der Waals surface area (Å²) in [5, 5.41) is 10.8. The predicted octanol–water partition coefficient (Wildman–Crippen LogP) is 6.48. The number of aromatic amines is 1. The van der Waals surface area contributed by atoms with Gasteiger partial charge < -0.3 is 19.6 Å². The summed E-state index contributed by atoms with van der Waals surface area (Å²) in [6.07, 6.45) is 5.82. The lowest BCUT2D eigenvalue weighted by Gasteiger charge is -2.08. The summed E-state index contributed by atoms with van der Waals surface area (Å²) in [5.74, 6) is -0.729. The SMILES string of the molecule is COC(=O)CCC1=C(C)C2=NC1=CC1=NC(=CC3=NC(=C(C)/C3=C(/C)O)C=c3[nH]c(c(C)c3C(Cl)=C(F)F)=C2)C(C)=C1CCC(=O)OC. The number of hydrogen-bond acceptors (Lipinski definition) is 8. The van der Waals surface area contributed by atoms with Crippen molar-refractivity contribution in [2.24, 2.45) is 15.0 Å². The molecule has 0 saturated carbocycles. The third-order valence-electron chi connectivity index (χ3n) is 8.82. The van der Waals surface area contributed by atoms with Gasteiger partial charge in [-0.1, -0.05) is 11.6 Å². The van der Waals surface area contributed by atoms with E-state index in [0.717, 1.165) is 22.3 Å². The zero-order valence-corrected chi connectivity index (χ0v) is 28.4. The molecule has 2 N–H and O–H groups in total. The number of fused-ring (bicyclic) bond motifs is 5. The van der Waals surface area contributed by atoms with Crippen molar-refractivity contribution in [3.8, 4) is 0 Å². The number of aromatic nitrogens is 1. The van der Waals surface area contributed by atoms with Gasteiger partial charge in [-0.3, -0.25) is 9.59 Å². The van der Waals surface area contributed by atoms with Crippen molar-refractivity contribution in [1.82, 2.24) is 4.98 Å². The van der Waals surface area contributed by atoms with Crippen LogP contribution in [0.5, 0.6) is 0 Å². The first-order valence-corrected chi connectivity index (χ1v) is 15.6. The second-order valence-corrected chi connectivity index (χ2v) is 12.1. The number of aliphatic hydroxyl groups is 1. The van der Waals surface area contributed by atoms with Gasteiger partial charge in [-0.05, 0) is 105 Å². The van der Waals surface area contributed by atoms with Gasteiger partial charge in [0.25, 0.3) is 6.08 Å². The fraction of sp³-hybridized carbons (Fsp3) is 0.306. The summed E-state index contributed by atoms with van der Waals surface area (Å²) >= 11 is 6.20. The topological polar surface area (TPSA) is 126 Å². The highest BCUT2D eigenvalue weighted by Crippen LogP contribution is 2.36. The van der Waals surface area contributed by atoms with Gasteiger partial charge >= 0.3 is 11.9 Å². The average molecular weight is 677 g/mol. The van der Waals surface area contributed by atoms with E-state index in [1.807, 2.05) is 19.9 Å². The summed E-state index contributed by atoms with van der Waals surface area (Å²) in [6, 6.07) is 0. The number of ether oxygens (including phenoxy) is 2. The molecular formula is C36H35ClF2N4O5. The van der Waals surface area contributed by atoms with Crippen molar-refractivity contribution >= 4 is 57.9 Å². The molecule has 4 aliphatic heterocycles. The van der Waals surface area contributed by atoms with Gasteiger partial charge in [0.15, 0.2) is 0 Å². The summed E-state index contributed by atoms with van der Waals surface area (Å²) < 4.78 is 37.8. The molecule has 5 heterocycles. The molecule has 250 valence electrons. The van der Waals surface area contributed by atoms with E-state index in [0.29, 0.717) is 74.5 Å². The second kappa shape index (κ2) is 13.7. The number of esters is 2. The molecule has 5 rings (SSSR count). The molecule has 1 aromatic heterocycles. The predicted molar refractivity (Wildman–Crippen MR) is 183 cm³/mol. The number of nitrogens with one attached hydrogen (secondary N) is 1. The Bertz CT molecular complexity index is 2110. The fourth-order valence-corrected chi connectivity index (χ4v) is 6.40. The van der Waals surface area contributed by atoms with E-state index in [1.54, 1.807) is 39.0 Å². The smallest absolute Gasteiger partial charge is 0.305 e. The monoisotopic (exact) mass is 676 g/mol. The lowest BCUT2D eigenvalue weighted by atomic mass is 9.96. The molecule has 0 spiro atoms. The Balaban J connectivity index is 1.85. The quantitative estimate of drug-likeness (QED) is 0.253. The summed E-state index contributed by atoms with van der Waals surface area (Å²) in [6.45, 7) is 8.80. The van der Waals surface area contributed by atoms with Crippen LogP contribution in [0.25, 0.3) is 17.2 Å². The van der Waals surface area contributed by atoms with E-state index < -0.39 is 11.1 Å². The standard InChI is InChI=1S/C36H35ClF2N4O5/c1-16-21(8-10-31(45)47-6)27-15-28-22(9-11-32(46)48-7)17(2)24(41-28)13-29-33(20(5)44)18(3)26(42-29)14-30-34(35(37)36(38)39)19(4)25(43-30)12-23(16)40-27/h12-15,43-44H,8-11H2,1-7H3/b24-13?,25-12?,27-15?,30-14?,33-20+. The number of hydrogen-bond donors (Lipinski definition) is 2. The molecule has 4 aliphatic rings. The van der Waals surface area contributed by atoms with Gasteiger partial charge in [0, 0.05) is 34.7 Å². The first-order chi connectivity index (χ1) is 22.7. The molecule has 48 heavy (non-hydrogen) atoms. The number of aliphatic hydroxyl groups excluding tert-OH is 1. The minimum Gasteiger partial charge on any atom is -0.512 e. The highest BCUT2D eigenvalue weighted by atomic mass is 35.5. The third-order valence-corrected chi connectivity index (χ3v) is 9.15. The third kappa shape index (κ3) is 6.47. The first kappa shape index (κ1) is 34.4. The van der Waals surface area contributed by atoms with E-state index in [2.05, 4.69) is 4.98 Å². The lowest BCUT2D eigenvalue weighted by Crippen LogP contribution is -2.14. The average Bonchev–Trinajstić information content (AvgIpc) is 3.71. The minimum atomic E-state index is -2.03. The number of aliphatic imine (C=N–C) groups is 3. The minimum absolute atomic E-state index is 0.0225. The van der Waals surface area contributed by atoms with Crippen LogP contribution in [0.4, 0.5) is 8.78 Å². The van der Waals surface area contributed by atoms with Crippen LogP contribution in [0, 0.1) is 6.92 Å². The normalized spacial score (nSPS) is 18.1. The number of methoxy groups -OCH3 is 2. The van der Waals surface area contributed by atoms with Crippen LogP contribution in [0.3, 0.4) is 0 Å². The van der Waals surface area contributed by atoms with Crippen LogP contribution in [0.2, 0.25) is 0 Å². The molecule has 0 saturated heterocycles. The number of halogens is 3. The van der Waals surface area contributed by atoms with Gasteiger partial charge in [-0.2, -0.15) is 8.78 Å². The van der Waals surface area contributed by atoms with Crippen LogP contribution in [-0.4, -0.2) is 53.4 Å². The molecule has 0 aromatic carbocycles. The Morgan fingerprint density at radius 2 is 1.40 bits per heavy atom. The van der Waals surface area contributed by atoms with Crippen LogP contribution >= 0.6 is 11.6 Å². The van der Waals surface area contributed by atoms with Crippen molar-refractivity contribution < 1.29 is 33.0 Å². The Labute approximate surface area is 281 Å². The lowest BCUT2D eigenvalue weighted by molar-refractivity contribution is -0.141. The molecule has 1 aromatic rings. The van der Waals surface area contributed by atoms with Crippen molar-refractivity contribution in [3.63, 3.8) is 0 Å². The largest absolute Gasteiger partial charge is 0.512 e. The van der Waals surface area contributed by atoms with Gasteiger partial charge in [-0.25, -0.2) is 15.0 Å². The van der Waals surface area contributed by atoms with E-state index in [-0.39, 0.29) is 36.1 Å². The van der Waals surface area contributed by atoms with Gasteiger partial charge in [0.1, 0.15) is 5.03 Å². The highest BCUT2D eigenvalue weighted by Gasteiger charge is 2.28. The summed E-state index contributed by atoms with van der Waals surface area (Å²) in [4.78, 5) is 42.3. The molecule has 0 fully saturated rings. The van der Waals surface area contributed by atoms with Crippen LogP contribution in [-0.2, 0) is 19.1 Å². The first-order valence-electron chi connectivity index (χ1n) is 15.2. The zero-order chi connectivity index (χ0) is 35.0.